The van der Waals surface area contributed by atoms with Gasteiger partial charge in [-0.2, -0.15) is 11.8 Å². The fourth-order valence-electron chi connectivity index (χ4n) is 2.65. The molecule has 1 atom stereocenters. The maximum Gasteiger partial charge on any atom is 0.146 e. The van der Waals surface area contributed by atoms with Crippen LogP contribution in [0.25, 0.3) is 11.0 Å². The zero-order valence-corrected chi connectivity index (χ0v) is 13.1. The van der Waals surface area contributed by atoms with Crippen LogP contribution < -0.4 is 5.73 Å². The summed E-state index contributed by atoms with van der Waals surface area (Å²) in [5, 5.41) is 1.02. The van der Waals surface area contributed by atoms with Gasteiger partial charge in [0.05, 0.1) is 5.39 Å². The molecular formula is C14H22N4S. The number of fused-ring (bicyclic) bond motifs is 1. The Bertz CT molecular complexity index is 603. The van der Waals surface area contributed by atoms with Gasteiger partial charge >= 0.3 is 0 Å². The number of aromatic nitrogens is 3. The monoisotopic (exact) mass is 278 g/mol. The van der Waals surface area contributed by atoms with Crippen molar-refractivity contribution in [3.05, 3.63) is 17.1 Å². The zero-order chi connectivity index (χ0) is 14.2. The number of nitrogen functional groups attached to an aromatic ring is 1. The minimum atomic E-state index is 0.458. The number of thioether (sulfide) groups is 1. The molecule has 2 heterocycles. The number of nitrogens with two attached hydrogens (primary N) is 1. The second kappa shape index (κ2) is 5.41. The molecule has 2 aromatic rings. The minimum absolute atomic E-state index is 0.458. The summed E-state index contributed by atoms with van der Waals surface area (Å²) in [6, 6.07) is 0.458. The summed E-state index contributed by atoms with van der Waals surface area (Å²) in [4.78, 5) is 8.93. The van der Waals surface area contributed by atoms with Crippen molar-refractivity contribution < 1.29 is 0 Å². The van der Waals surface area contributed by atoms with E-state index in [-0.39, 0.29) is 0 Å². The molecule has 2 rings (SSSR count). The number of nitrogens with zero attached hydrogens (tertiary/aromatic N) is 3. The van der Waals surface area contributed by atoms with Crippen LogP contribution in [0.2, 0.25) is 0 Å². The van der Waals surface area contributed by atoms with E-state index in [1.807, 2.05) is 18.7 Å². The van der Waals surface area contributed by atoms with Gasteiger partial charge < -0.3 is 10.3 Å². The molecule has 0 radical (unpaired) electrons. The SMILES string of the molecule is CCC(CSC)n1c(C)c(C)c2c(N)nc(C)nc21. The van der Waals surface area contributed by atoms with Gasteiger partial charge in [-0.05, 0) is 39.0 Å². The second-order valence-corrected chi connectivity index (χ2v) is 5.86. The van der Waals surface area contributed by atoms with E-state index in [0.717, 1.165) is 29.0 Å². The molecule has 0 fully saturated rings. The smallest absolute Gasteiger partial charge is 0.146 e. The van der Waals surface area contributed by atoms with Crippen molar-refractivity contribution in [2.75, 3.05) is 17.7 Å². The molecular weight excluding hydrogens is 256 g/mol. The van der Waals surface area contributed by atoms with Crippen LogP contribution in [0.4, 0.5) is 5.82 Å². The average molecular weight is 278 g/mol. The van der Waals surface area contributed by atoms with Crippen molar-refractivity contribution in [1.29, 1.82) is 0 Å². The molecule has 104 valence electrons. The standard InChI is InChI=1S/C14H22N4S/c1-6-11(7-19-5)18-9(3)8(2)12-13(15)16-10(4)17-14(12)18/h11H,6-7H2,1-5H3,(H2,15,16,17). The molecule has 0 bridgehead atoms. The highest BCUT2D eigenvalue weighted by molar-refractivity contribution is 7.98. The van der Waals surface area contributed by atoms with Crippen molar-refractivity contribution in [2.45, 2.75) is 40.2 Å². The number of hydrogen-bond donors (Lipinski definition) is 1. The Balaban J connectivity index is 2.76. The normalized spacial score (nSPS) is 13.1. The predicted molar refractivity (Wildman–Crippen MR) is 83.9 cm³/mol. The Morgan fingerprint density at radius 2 is 1.95 bits per heavy atom. The molecule has 4 nitrogen and oxygen atoms in total. The highest BCUT2D eigenvalue weighted by Gasteiger charge is 2.20. The van der Waals surface area contributed by atoms with Crippen LogP contribution in [-0.2, 0) is 0 Å². The van der Waals surface area contributed by atoms with Gasteiger partial charge in [-0.15, -0.1) is 0 Å². The molecule has 0 aromatic carbocycles. The Kier molecular flexibility index (Phi) is 4.04. The van der Waals surface area contributed by atoms with E-state index in [0.29, 0.717) is 11.9 Å². The molecule has 0 saturated heterocycles. The third-order valence-corrected chi connectivity index (χ3v) is 4.45. The summed E-state index contributed by atoms with van der Waals surface area (Å²) in [5.41, 5.74) is 9.53. The van der Waals surface area contributed by atoms with Gasteiger partial charge in [-0.1, -0.05) is 6.92 Å². The first kappa shape index (κ1) is 14.2. The highest BCUT2D eigenvalue weighted by atomic mass is 32.2. The Morgan fingerprint density at radius 1 is 1.26 bits per heavy atom. The zero-order valence-electron chi connectivity index (χ0n) is 12.3. The summed E-state index contributed by atoms with van der Waals surface area (Å²) >= 11 is 1.87. The molecule has 0 aliphatic heterocycles. The van der Waals surface area contributed by atoms with Crippen LogP contribution >= 0.6 is 11.8 Å². The Morgan fingerprint density at radius 3 is 2.53 bits per heavy atom. The van der Waals surface area contributed by atoms with Gasteiger partial charge in [0, 0.05) is 17.5 Å². The third-order valence-electron chi connectivity index (χ3n) is 3.73. The van der Waals surface area contributed by atoms with Gasteiger partial charge in [-0.25, -0.2) is 9.97 Å². The van der Waals surface area contributed by atoms with Crippen molar-refractivity contribution in [3.63, 3.8) is 0 Å². The summed E-state index contributed by atoms with van der Waals surface area (Å²) in [5.74, 6) is 2.42. The van der Waals surface area contributed by atoms with Crippen LogP contribution in [0.15, 0.2) is 0 Å². The maximum absolute atomic E-state index is 6.09. The highest BCUT2D eigenvalue weighted by Crippen LogP contribution is 2.32. The van der Waals surface area contributed by atoms with Gasteiger partial charge in [0.2, 0.25) is 0 Å². The van der Waals surface area contributed by atoms with Crippen molar-refractivity contribution >= 4 is 28.6 Å². The summed E-state index contributed by atoms with van der Waals surface area (Å²) < 4.78 is 2.34. The fraction of sp³-hybridized carbons (Fsp3) is 0.571. The van der Waals surface area contributed by atoms with Gasteiger partial charge in [0.25, 0.3) is 0 Å². The quantitative estimate of drug-likeness (QED) is 0.932. The molecule has 0 spiro atoms. The number of hydrogen-bond acceptors (Lipinski definition) is 4. The summed E-state index contributed by atoms with van der Waals surface area (Å²) in [7, 11) is 0. The van der Waals surface area contributed by atoms with Gasteiger partial charge in [0.1, 0.15) is 17.3 Å². The third kappa shape index (κ3) is 2.31. The van der Waals surface area contributed by atoms with Crippen LogP contribution in [-0.4, -0.2) is 26.5 Å². The van der Waals surface area contributed by atoms with Crippen molar-refractivity contribution in [2.24, 2.45) is 0 Å². The first-order valence-corrected chi connectivity index (χ1v) is 8.00. The molecule has 1 unspecified atom stereocenters. The van der Waals surface area contributed by atoms with Crippen molar-refractivity contribution in [3.8, 4) is 0 Å². The molecule has 5 heteroatoms. The second-order valence-electron chi connectivity index (χ2n) is 4.95. The first-order chi connectivity index (χ1) is 9.01. The fourth-order valence-corrected chi connectivity index (χ4v) is 3.42. The molecule has 0 aliphatic carbocycles. The molecule has 0 saturated carbocycles. The molecule has 2 N–H and O–H groups in total. The van der Waals surface area contributed by atoms with Crippen LogP contribution in [0.3, 0.4) is 0 Å². The number of rotatable bonds is 4. The summed E-state index contributed by atoms with van der Waals surface area (Å²) in [6.07, 6.45) is 3.24. The largest absolute Gasteiger partial charge is 0.383 e. The predicted octanol–water partition coefficient (Wildman–Crippen LogP) is 3.25. The average Bonchev–Trinajstić information content (AvgIpc) is 2.59. The van der Waals surface area contributed by atoms with Gasteiger partial charge in [-0.3, -0.25) is 0 Å². The summed E-state index contributed by atoms with van der Waals surface area (Å²) in [6.45, 7) is 8.37. The van der Waals surface area contributed by atoms with Crippen LogP contribution in [0, 0.1) is 20.8 Å². The number of aryl methyl sites for hydroxylation is 2. The van der Waals surface area contributed by atoms with E-state index in [1.54, 1.807) is 0 Å². The lowest BCUT2D eigenvalue weighted by Crippen LogP contribution is -2.13. The van der Waals surface area contributed by atoms with E-state index in [2.05, 4.69) is 41.6 Å². The lowest BCUT2D eigenvalue weighted by Gasteiger charge is -2.19. The van der Waals surface area contributed by atoms with E-state index >= 15 is 0 Å². The van der Waals surface area contributed by atoms with Crippen LogP contribution in [0.1, 0.15) is 36.5 Å². The maximum atomic E-state index is 6.09. The molecule has 0 aliphatic rings. The minimum Gasteiger partial charge on any atom is -0.383 e. The first-order valence-electron chi connectivity index (χ1n) is 6.61. The van der Waals surface area contributed by atoms with Gasteiger partial charge in [0.15, 0.2) is 0 Å². The van der Waals surface area contributed by atoms with Crippen molar-refractivity contribution in [1.82, 2.24) is 14.5 Å². The molecule has 19 heavy (non-hydrogen) atoms. The topological polar surface area (TPSA) is 56.7 Å². The Labute approximate surface area is 118 Å². The Hall–Kier alpha value is -1.23. The van der Waals surface area contributed by atoms with E-state index in [4.69, 9.17) is 5.73 Å². The number of anilines is 1. The van der Waals surface area contributed by atoms with E-state index < -0.39 is 0 Å². The van der Waals surface area contributed by atoms with E-state index in [9.17, 15) is 0 Å². The van der Waals surface area contributed by atoms with Crippen LogP contribution in [0.5, 0.6) is 0 Å². The van der Waals surface area contributed by atoms with E-state index in [1.165, 1.54) is 11.3 Å². The lowest BCUT2D eigenvalue weighted by atomic mass is 10.2. The molecule has 0 amide bonds. The lowest BCUT2D eigenvalue weighted by molar-refractivity contribution is 0.541. The molecule has 2 aromatic heterocycles.